The van der Waals surface area contributed by atoms with Gasteiger partial charge >= 0.3 is 0 Å². The van der Waals surface area contributed by atoms with Crippen LogP contribution in [0.3, 0.4) is 0 Å². The largest absolute Gasteiger partial charge is 0.381 e. The number of fused-ring (bicyclic) bond motifs is 6. The molecular weight excluding hydrogens is 500 g/mol. The van der Waals surface area contributed by atoms with Crippen molar-refractivity contribution in [3.63, 3.8) is 0 Å². The molecule has 1 heterocycles. The summed E-state index contributed by atoms with van der Waals surface area (Å²) in [6, 6.07) is 0. The molecule has 2 saturated carbocycles. The molecule has 0 unspecified atom stereocenters. The lowest BCUT2D eigenvalue weighted by Crippen LogP contribution is -2.67. The summed E-state index contributed by atoms with van der Waals surface area (Å²) in [4.78, 5) is 27.9. The van der Waals surface area contributed by atoms with Crippen LogP contribution >= 0.6 is 0 Å². The van der Waals surface area contributed by atoms with Gasteiger partial charge in [0, 0.05) is 28.4 Å². The molecule has 6 heteroatoms. The molecule has 1 aromatic rings. The molecule has 5 rings (SSSR count). The number of nitrogens with zero attached hydrogens (tertiary/aromatic N) is 1. The van der Waals surface area contributed by atoms with Crippen molar-refractivity contribution in [1.82, 2.24) is 10.5 Å². The van der Waals surface area contributed by atoms with Crippen molar-refractivity contribution >= 4 is 11.7 Å². The first-order valence-corrected chi connectivity index (χ1v) is 15.6. The topological polar surface area (TPSA) is 92.4 Å². The predicted octanol–water partition coefficient (Wildman–Crippen LogP) is 6.70. The lowest BCUT2D eigenvalue weighted by Gasteiger charge is -2.67. The van der Waals surface area contributed by atoms with Gasteiger partial charge in [0.25, 0.3) is 0 Å². The first kappa shape index (κ1) is 29.5. The number of amides is 1. The van der Waals surface area contributed by atoms with E-state index in [1.54, 1.807) is 0 Å². The molecule has 40 heavy (non-hydrogen) atoms. The minimum Gasteiger partial charge on any atom is -0.381 e. The van der Waals surface area contributed by atoms with Crippen molar-refractivity contribution in [3.8, 4) is 0 Å². The lowest BCUT2D eigenvalue weighted by molar-refractivity contribution is -0.185. The molecular formula is C34H52N2O4. The fraction of sp³-hybridized carbons (Fsp3) is 0.794. The van der Waals surface area contributed by atoms with Crippen LogP contribution < -0.4 is 5.32 Å². The van der Waals surface area contributed by atoms with Crippen LogP contribution in [-0.2, 0) is 21.4 Å². The molecule has 0 aromatic carbocycles. The van der Waals surface area contributed by atoms with Crippen molar-refractivity contribution in [1.29, 1.82) is 0 Å². The highest BCUT2D eigenvalue weighted by Crippen LogP contribution is 2.72. The van der Waals surface area contributed by atoms with Crippen molar-refractivity contribution in [2.24, 2.45) is 33.0 Å². The number of hydrogen-bond acceptors (Lipinski definition) is 5. The first-order valence-electron chi connectivity index (χ1n) is 15.6. The Morgan fingerprint density at radius 3 is 2.33 bits per heavy atom. The van der Waals surface area contributed by atoms with Gasteiger partial charge in [-0.05, 0) is 93.0 Å². The van der Waals surface area contributed by atoms with Gasteiger partial charge in [0.15, 0.2) is 5.78 Å². The minimum absolute atomic E-state index is 0.0887. The zero-order valence-corrected chi connectivity index (χ0v) is 26.4. The summed E-state index contributed by atoms with van der Waals surface area (Å²) in [5.41, 5.74) is -1.38. The maximum Gasteiger partial charge on any atom is 0.225 e. The van der Waals surface area contributed by atoms with Crippen LogP contribution in [0, 0.1) is 33.0 Å². The maximum atomic E-state index is 14.4. The first-order chi connectivity index (χ1) is 18.4. The Hall–Kier alpha value is -1.95. The number of aromatic nitrogens is 1. The van der Waals surface area contributed by atoms with Crippen LogP contribution in [0.1, 0.15) is 125 Å². The van der Waals surface area contributed by atoms with E-state index in [0.29, 0.717) is 31.7 Å². The molecule has 1 amide bonds. The molecule has 0 spiro atoms. The second-order valence-electron chi connectivity index (χ2n) is 16.1. The van der Waals surface area contributed by atoms with E-state index in [9.17, 15) is 14.7 Å². The number of ketones is 1. The van der Waals surface area contributed by atoms with Crippen LogP contribution in [0.4, 0.5) is 0 Å². The third-order valence-electron chi connectivity index (χ3n) is 13.0. The van der Waals surface area contributed by atoms with Gasteiger partial charge in [-0.2, -0.15) is 0 Å². The number of carbonyl (C=O) groups excluding carboxylic acids is 2. The Bertz CT molecular complexity index is 1240. The van der Waals surface area contributed by atoms with E-state index in [-0.39, 0.29) is 27.9 Å². The molecule has 6 atom stereocenters. The van der Waals surface area contributed by atoms with Crippen LogP contribution in [0.25, 0.3) is 0 Å². The van der Waals surface area contributed by atoms with E-state index in [2.05, 4.69) is 65.9 Å². The van der Waals surface area contributed by atoms with Gasteiger partial charge in [-0.25, -0.2) is 0 Å². The van der Waals surface area contributed by atoms with E-state index >= 15 is 0 Å². The molecule has 6 nitrogen and oxygen atoms in total. The maximum absolute atomic E-state index is 14.4. The number of hydrogen-bond donors (Lipinski definition) is 2. The number of nitrogens with one attached hydrogen (secondary N) is 1. The Labute approximate surface area is 241 Å². The number of aliphatic hydroxyl groups is 1. The van der Waals surface area contributed by atoms with Crippen LogP contribution in [0.2, 0.25) is 0 Å². The summed E-state index contributed by atoms with van der Waals surface area (Å²) in [6.07, 6.45) is 10.5. The molecule has 222 valence electrons. The second kappa shape index (κ2) is 9.02. The highest BCUT2D eigenvalue weighted by molar-refractivity contribution is 6.00. The summed E-state index contributed by atoms with van der Waals surface area (Å²) in [6.45, 7) is 20.4. The Kier molecular flexibility index (Phi) is 6.66. The molecule has 0 bridgehead atoms. The summed E-state index contributed by atoms with van der Waals surface area (Å²) in [5.74, 6) is 1.21. The fourth-order valence-corrected chi connectivity index (χ4v) is 9.82. The summed E-state index contributed by atoms with van der Waals surface area (Å²) in [7, 11) is 0. The van der Waals surface area contributed by atoms with Gasteiger partial charge in [-0.15, -0.1) is 0 Å². The fourth-order valence-electron chi connectivity index (χ4n) is 9.82. The van der Waals surface area contributed by atoms with Crippen molar-refractivity contribution in [3.05, 3.63) is 29.2 Å². The normalized spacial score (nSPS) is 42.4. The summed E-state index contributed by atoms with van der Waals surface area (Å²) in [5, 5.41) is 20.0. The number of allylic oxidation sites excluding steroid dienone is 1. The van der Waals surface area contributed by atoms with Crippen LogP contribution in [0.15, 0.2) is 22.4 Å². The van der Waals surface area contributed by atoms with E-state index in [0.717, 1.165) is 49.8 Å². The highest BCUT2D eigenvalue weighted by Gasteiger charge is 2.70. The SMILES string of the molecule is CCNC(=O)[C@@]1(C)CCC(C)(C)CC[C@@]2(O)C(=O)C=C3[C@@]4(C)Cc5cnoc5C(C)(C)[C@@H]4CC[C@@]3(C)[C@]2(C)CC1. The third-order valence-corrected chi connectivity index (χ3v) is 13.0. The molecule has 0 aliphatic heterocycles. The van der Waals surface area contributed by atoms with E-state index in [1.807, 2.05) is 19.2 Å². The Balaban J connectivity index is 1.66. The van der Waals surface area contributed by atoms with E-state index < -0.39 is 21.8 Å². The second-order valence-corrected chi connectivity index (χ2v) is 16.1. The standard InChI is InChI=1S/C34H52N2O4/c1-10-35-27(38)30(6)15-13-28(2,3)14-18-34(39)25(37)19-24-31(7)20-22-21-36-40-26(22)29(4,5)23(31)11-12-32(24,8)33(34,9)17-16-30/h19,21,23,39H,10-18,20H2,1-9H3,(H,35,38)/t23-,30-,31-,32+,33-,34+/m0/s1. The quantitative estimate of drug-likeness (QED) is 0.426. The summed E-state index contributed by atoms with van der Waals surface area (Å²) >= 11 is 0. The molecule has 0 saturated heterocycles. The molecule has 4 aliphatic rings. The van der Waals surface area contributed by atoms with Crippen molar-refractivity contribution in [2.45, 2.75) is 131 Å². The van der Waals surface area contributed by atoms with Gasteiger partial charge in [0.2, 0.25) is 5.91 Å². The van der Waals surface area contributed by atoms with E-state index in [4.69, 9.17) is 4.52 Å². The van der Waals surface area contributed by atoms with Crippen LogP contribution in [-0.4, -0.2) is 34.1 Å². The zero-order chi connectivity index (χ0) is 29.6. The Morgan fingerprint density at radius 2 is 1.65 bits per heavy atom. The average Bonchev–Trinajstić information content (AvgIpc) is 3.34. The summed E-state index contributed by atoms with van der Waals surface area (Å²) < 4.78 is 5.80. The molecule has 2 fully saturated rings. The smallest absolute Gasteiger partial charge is 0.225 e. The predicted molar refractivity (Wildman–Crippen MR) is 157 cm³/mol. The minimum atomic E-state index is -1.47. The molecule has 4 aliphatic carbocycles. The lowest BCUT2D eigenvalue weighted by atomic mass is 9.37. The average molecular weight is 553 g/mol. The Morgan fingerprint density at radius 1 is 1.00 bits per heavy atom. The third kappa shape index (κ3) is 3.86. The molecule has 2 N–H and O–H groups in total. The van der Waals surface area contributed by atoms with Gasteiger partial charge in [-0.1, -0.05) is 66.1 Å². The number of carbonyl (C=O) groups is 2. The molecule has 1 aromatic heterocycles. The van der Waals surface area contributed by atoms with Gasteiger partial charge in [0.1, 0.15) is 11.4 Å². The van der Waals surface area contributed by atoms with Crippen LogP contribution in [0.5, 0.6) is 0 Å². The monoisotopic (exact) mass is 552 g/mol. The zero-order valence-electron chi connectivity index (χ0n) is 26.4. The van der Waals surface area contributed by atoms with Crippen molar-refractivity contribution in [2.75, 3.05) is 6.54 Å². The van der Waals surface area contributed by atoms with Gasteiger partial charge in [-0.3, -0.25) is 9.59 Å². The van der Waals surface area contributed by atoms with E-state index in [1.165, 1.54) is 5.57 Å². The highest BCUT2D eigenvalue weighted by atomic mass is 16.5. The number of rotatable bonds is 2. The van der Waals surface area contributed by atoms with Crippen molar-refractivity contribution < 1.29 is 19.2 Å². The van der Waals surface area contributed by atoms with Gasteiger partial charge in [0.05, 0.1) is 6.20 Å². The molecule has 0 radical (unpaired) electrons. The van der Waals surface area contributed by atoms with Gasteiger partial charge < -0.3 is 14.9 Å².